The van der Waals surface area contributed by atoms with Gasteiger partial charge in [0, 0.05) is 29.8 Å². The first-order valence-corrected chi connectivity index (χ1v) is 9.85. The van der Waals surface area contributed by atoms with Gasteiger partial charge in [-0.3, -0.25) is 9.59 Å². The second-order valence-electron chi connectivity index (χ2n) is 6.75. The zero-order valence-electron chi connectivity index (χ0n) is 16.4. The van der Waals surface area contributed by atoms with Crippen LogP contribution in [0.2, 0.25) is 0 Å². The second kappa shape index (κ2) is 9.68. The molecule has 4 nitrogen and oxygen atoms in total. The standard InChI is InChI=1S/C21H24F2N2O2S/c1-13-9-14(2)21(15(3)10-13)24-19(26)12-25(4)20(27)7-8-28-16-5-6-17(22)18(23)11-16/h5-6,9-11H,7-8,12H2,1-4H3,(H,24,26). The molecule has 0 aliphatic rings. The zero-order chi connectivity index (χ0) is 20.8. The van der Waals surface area contributed by atoms with Crippen LogP contribution in [0.25, 0.3) is 0 Å². The first kappa shape index (κ1) is 21.9. The van der Waals surface area contributed by atoms with Gasteiger partial charge in [-0.2, -0.15) is 0 Å². The van der Waals surface area contributed by atoms with Gasteiger partial charge in [-0.05, 0) is 50.1 Å². The van der Waals surface area contributed by atoms with Crippen molar-refractivity contribution in [3.63, 3.8) is 0 Å². The molecule has 0 saturated heterocycles. The lowest BCUT2D eigenvalue weighted by Crippen LogP contribution is -2.35. The smallest absolute Gasteiger partial charge is 0.243 e. The molecule has 150 valence electrons. The molecule has 0 bridgehead atoms. The van der Waals surface area contributed by atoms with Crippen molar-refractivity contribution in [2.24, 2.45) is 0 Å². The van der Waals surface area contributed by atoms with Gasteiger partial charge in [0.15, 0.2) is 11.6 Å². The molecule has 28 heavy (non-hydrogen) atoms. The Labute approximate surface area is 168 Å². The summed E-state index contributed by atoms with van der Waals surface area (Å²) in [5.74, 6) is -1.86. The maximum absolute atomic E-state index is 13.2. The van der Waals surface area contributed by atoms with Gasteiger partial charge in [0.1, 0.15) is 0 Å². The van der Waals surface area contributed by atoms with Gasteiger partial charge in [-0.1, -0.05) is 17.7 Å². The number of amides is 2. The summed E-state index contributed by atoms with van der Waals surface area (Å²) in [5, 5.41) is 2.87. The highest BCUT2D eigenvalue weighted by Crippen LogP contribution is 2.22. The zero-order valence-corrected chi connectivity index (χ0v) is 17.3. The average Bonchev–Trinajstić information content (AvgIpc) is 2.61. The van der Waals surface area contributed by atoms with Crippen LogP contribution >= 0.6 is 11.8 Å². The number of rotatable bonds is 7. The first-order chi connectivity index (χ1) is 13.2. The summed E-state index contributed by atoms with van der Waals surface area (Å²) in [5.41, 5.74) is 3.84. The molecule has 1 N–H and O–H groups in total. The molecular formula is C21H24F2N2O2S. The molecule has 2 amide bonds. The van der Waals surface area contributed by atoms with Crippen molar-refractivity contribution in [2.75, 3.05) is 24.7 Å². The Balaban J connectivity index is 1.83. The number of thioether (sulfide) groups is 1. The molecule has 0 unspecified atom stereocenters. The third kappa shape index (κ3) is 6.05. The van der Waals surface area contributed by atoms with E-state index in [9.17, 15) is 18.4 Å². The fraction of sp³-hybridized carbons (Fsp3) is 0.333. The number of aryl methyl sites for hydroxylation is 3. The summed E-state index contributed by atoms with van der Waals surface area (Å²) in [6.07, 6.45) is 0.191. The van der Waals surface area contributed by atoms with Crippen molar-refractivity contribution in [2.45, 2.75) is 32.1 Å². The van der Waals surface area contributed by atoms with E-state index in [1.165, 1.54) is 22.7 Å². The third-order valence-corrected chi connectivity index (χ3v) is 5.22. The van der Waals surface area contributed by atoms with Crippen molar-refractivity contribution in [1.82, 2.24) is 4.90 Å². The highest BCUT2D eigenvalue weighted by Gasteiger charge is 2.15. The Kier molecular flexibility index (Phi) is 7.57. The molecule has 2 rings (SSSR count). The molecule has 0 saturated carbocycles. The molecule has 0 heterocycles. The molecule has 0 aliphatic heterocycles. The predicted molar refractivity (Wildman–Crippen MR) is 109 cm³/mol. The largest absolute Gasteiger partial charge is 0.336 e. The lowest BCUT2D eigenvalue weighted by Gasteiger charge is -2.18. The summed E-state index contributed by atoms with van der Waals surface area (Å²) in [6.45, 7) is 5.80. The fourth-order valence-electron chi connectivity index (χ4n) is 2.87. The Morgan fingerprint density at radius 2 is 1.68 bits per heavy atom. The van der Waals surface area contributed by atoms with E-state index in [0.717, 1.165) is 34.5 Å². The lowest BCUT2D eigenvalue weighted by atomic mass is 10.1. The summed E-state index contributed by atoms with van der Waals surface area (Å²) < 4.78 is 26.1. The Morgan fingerprint density at radius 1 is 1.04 bits per heavy atom. The van der Waals surface area contributed by atoms with Crippen molar-refractivity contribution >= 4 is 29.3 Å². The van der Waals surface area contributed by atoms with E-state index < -0.39 is 11.6 Å². The highest BCUT2D eigenvalue weighted by atomic mass is 32.2. The minimum atomic E-state index is -0.910. The molecule has 2 aromatic carbocycles. The fourth-order valence-corrected chi connectivity index (χ4v) is 3.74. The van der Waals surface area contributed by atoms with Crippen LogP contribution in [0, 0.1) is 32.4 Å². The van der Waals surface area contributed by atoms with Crippen LogP contribution in [0.3, 0.4) is 0 Å². The SMILES string of the molecule is Cc1cc(C)c(NC(=O)CN(C)C(=O)CCSc2ccc(F)c(F)c2)c(C)c1. The van der Waals surface area contributed by atoms with Crippen LogP contribution in [-0.2, 0) is 9.59 Å². The number of nitrogens with zero attached hydrogens (tertiary/aromatic N) is 1. The van der Waals surface area contributed by atoms with Crippen molar-refractivity contribution in [3.8, 4) is 0 Å². The number of halogens is 2. The molecule has 0 aromatic heterocycles. The normalized spacial score (nSPS) is 10.6. The minimum Gasteiger partial charge on any atom is -0.336 e. The maximum Gasteiger partial charge on any atom is 0.243 e. The molecule has 2 aromatic rings. The first-order valence-electron chi connectivity index (χ1n) is 8.87. The monoisotopic (exact) mass is 406 g/mol. The number of carbonyl (C=O) groups excluding carboxylic acids is 2. The molecule has 0 radical (unpaired) electrons. The number of likely N-dealkylation sites (N-methyl/N-ethyl adjacent to an activating group) is 1. The number of anilines is 1. The molecule has 7 heteroatoms. The van der Waals surface area contributed by atoms with Crippen LogP contribution < -0.4 is 5.32 Å². The van der Waals surface area contributed by atoms with Gasteiger partial charge < -0.3 is 10.2 Å². The molecule has 0 fully saturated rings. The van der Waals surface area contributed by atoms with Crippen LogP contribution in [-0.4, -0.2) is 36.1 Å². The number of hydrogen-bond donors (Lipinski definition) is 1. The van der Waals surface area contributed by atoms with E-state index >= 15 is 0 Å². The van der Waals surface area contributed by atoms with Crippen LogP contribution in [0.15, 0.2) is 35.2 Å². The molecule has 0 aliphatic carbocycles. The molecular weight excluding hydrogens is 382 g/mol. The van der Waals surface area contributed by atoms with Crippen LogP contribution in [0.5, 0.6) is 0 Å². The quantitative estimate of drug-likeness (QED) is 0.691. The number of carbonyl (C=O) groups is 2. The van der Waals surface area contributed by atoms with Crippen molar-refractivity contribution in [1.29, 1.82) is 0 Å². The van der Waals surface area contributed by atoms with E-state index in [4.69, 9.17) is 0 Å². The molecule has 0 spiro atoms. The number of hydrogen-bond acceptors (Lipinski definition) is 3. The summed E-state index contributed by atoms with van der Waals surface area (Å²) in [4.78, 5) is 26.4. The Hall–Kier alpha value is -2.41. The summed E-state index contributed by atoms with van der Waals surface area (Å²) >= 11 is 1.26. The maximum atomic E-state index is 13.2. The van der Waals surface area contributed by atoms with Crippen molar-refractivity contribution < 1.29 is 18.4 Å². The van der Waals surface area contributed by atoms with Gasteiger partial charge in [0.2, 0.25) is 11.8 Å². The van der Waals surface area contributed by atoms with Crippen molar-refractivity contribution in [3.05, 3.63) is 58.7 Å². The van der Waals surface area contributed by atoms with E-state index in [-0.39, 0.29) is 24.8 Å². The van der Waals surface area contributed by atoms with Crippen LogP contribution in [0.4, 0.5) is 14.5 Å². The van der Waals surface area contributed by atoms with E-state index in [2.05, 4.69) is 5.32 Å². The van der Waals surface area contributed by atoms with E-state index in [0.29, 0.717) is 10.6 Å². The number of benzene rings is 2. The third-order valence-electron chi connectivity index (χ3n) is 4.22. The van der Waals surface area contributed by atoms with Crippen LogP contribution in [0.1, 0.15) is 23.1 Å². The highest BCUT2D eigenvalue weighted by molar-refractivity contribution is 7.99. The van der Waals surface area contributed by atoms with Gasteiger partial charge in [0.05, 0.1) is 6.54 Å². The summed E-state index contributed by atoms with van der Waals surface area (Å²) in [6, 6.07) is 7.62. The average molecular weight is 406 g/mol. The van der Waals surface area contributed by atoms with Gasteiger partial charge >= 0.3 is 0 Å². The van der Waals surface area contributed by atoms with Gasteiger partial charge in [-0.15, -0.1) is 11.8 Å². The lowest BCUT2D eigenvalue weighted by molar-refractivity contribution is -0.132. The second-order valence-corrected chi connectivity index (χ2v) is 7.91. The Morgan fingerprint density at radius 3 is 2.29 bits per heavy atom. The minimum absolute atomic E-state index is 0.0541. The van der Waals surface area contributed by atoms with Gasteiger partial charge in [0.25, 0.3) is 0 Å². The predicted octanol–water partition coefficient (Wildman–Crippen LogP) is 4.47. The Bertz CT molecular complexity index is 864. The van der Waals surface area contributed by atoms with E-state index in [1.54, 1.807) is 7.05 Å². The number of nitrogens with one attached hydrogen (secondary N) is 1. The van der Waals surface area contributed by atoms with E-state index in [1.807, 2.05) is 32.9 Å². The van der Waals surface area contributed by atoms with Gasteiger partial charge in [-0.25, -0.2) is 8.78 Å². The molecule has 0 atom stereocenters. The summed E-state index contributed by atoms with van der Waals surface area (Å²) in [7, 11) is 1.57. The topological polar surface area (TPSA) is 49.4 Å².